The molecular formula is C13H22ClN3O3S. The number of anilines is 1. The molecule has 0 aromatic heterocycles. The number of hydrogen-bond donors (Lipinski definition) is 2. The van der Waals surface area contributed by atoms with Gasteiger partial charge < -0.3 is 11.1 Å². The quantitative estimate of drug-likeness (QED) is 0.576. The van der Waals surface area contributed by atoms with Gasteiger partial charge in [0.15, 0.2) is 0 Å². The topological polar surface area (TPSA) is 92.5 Å². The van der Waals surface area contributed by atoms with Crippen LogP contribution in [0.15, 0.2) is 24.3 Å². The number of sulfonamides is 1. The van der Waals surface area contributed by atoms with E-state index in [0.717, 1.165) is 0 Å². The number of nitrogen functional groups attached to an aromatic ring is 1. The molecule has 0 fully saturated rings. The molecule has 1 amide bonds. The standard InChI is InChI=1S/C13H21N3O3S.ClH/c1-3-16(20(2,18)19)9-5-8-15-13(17)11-6-4-7-12(14)10-11;/h4,6-7,10H,3,5,8-9,14H2,1-2H3,(H,15,17);1H. The summed E-state index contributed by atoms with van der Waals surface area (Å²) >= 11 is 0. The summed E-state index contributed by atoms with van der Waals surface area (Å²) in [6.07, 6.45) is 1.75. The average molecular weight is 336 g/mol. The van der Waals surface area contributed by atoms with Crippen LogP contribution in [0.25, 0.3) is 0 Å². The second-order valence-corrected chi connectivity index (χ2v) is 6.47. The minimum atomic E-state index is -3.17. The Hall–Kier alpha value is -1.31. The highest BCUT2D eigenvalue weighted by Gasteiger charge is 2.13. The minimum absolute atomic E-state index is 0. The number of halogens is 1. The Kier molecular flexibility index (Phi) is 8.31. The van der Waals surface area contributed by atoms with Crippen LogP contribution in [0.2, 0.25) is 0 Å². The number of amides is 1. The van der Waals surface area contributed by atoms with Crippen molar-refractivity contribution in [2.24, 2.45) is 0 Å². The summed E-state index contributed by atoms with van der Waals surface area (Å²) < 4.78 is 24.1. The lowest BCUT2D eigenvalue weighted by molar-refractivity contribution is 0.0953. The van der Waals surface area contributed by atoms with Crippen molar-refractivity contribution in [2.45, 2.75) is 13.3 Å². The van der Waals surface area contributed by atoms with Gasteiger partial charge in [-0.3, -0.25) is 4.79 Å². The maximum atomic E-state index is 11.8. The fourth-order valence-corrected chi connectivity index (χ4v) is 2.73. The van der Waals surface area contributed by atoms with E-state index >= 15 is 0 Å². The summed E-state index contributed by atoms with van der Waals surface area (Å²) in [5.74, 6) is -0.209. The molecule has 0 radical (unpaired) electrons. The van der Waals surface area contributed by atoms with Gasteiger partial charge in [-0.25, -0.2) is 12.7 Å². The molecule has 8 heteroatoms. The average Bonchev–Trinajstić information content (AvgIpc) is 2.37. The predicted molar refractivity (Wildman–Crippen MR) is 87.1 cm³/mol. The second kappa shape index (κ2) is 8.86. The number of hydrogen-bond acceptors (Lipinski definition) is 4. The molecule has 120 valence electrons. The van der Waals surface area contributed by atoms with Crippen LogP contribution in [0.1, 0.15) is 23.7 Å². The lowest BCUT2D eigenvalue weighted by Crippen LogP contribution is -2.33. The third kappa shape index (κ3) is 6.79. The molecule has 0 heterocycles. The van der Waals surface area contributed by atoms with E-state index < -0.39 is 10.0 Å². The lowest BCUT2D eigenvalue weighted by Gasteiger charge is -2.17. The van der Waals surface area contributed by atoms with Crippen LogP contribution in [0.3, 0.4) is 0 Å². The maximum absolute atomic E-state index is 11.8. The largest absolute Gasteiger partial charge is 0.399 e. The first-order valence-electron chi connectivity index (χ1n) is 6.43. The van der Waals surface area contributed by atoms with Gasteiger partial charge in [-0.2, -0.15) is 0 Å². The first-order valence-corrected chi connectivity index (χ1v) is 8.28. The number of benzene rings is 1. The minimum Gasteiger partial charge on any atom is -0.399 e. The van der Waals surface area contributed by atoms with Gasteiger partial charge in [-0.1, -0.05) is 13.0 Å². The normalized spacial score (nSPS) is 11.0. The molecule has 1 rings (SSSR count). The van der Waals surface area contributed by atoms with Gasteiger partial charge in [0, 0.05) is 30.9 Å². The molecule has 0 saturated heterocycles. The van der Waals surface area contributed by atoms with Crippen LogP contribution in [-0.4, -0.2) is 44.5 Å². The third-order valence-corrected chi connectivity index (χ3v) is 4.22. The number of nitrogens with two attached hydrogens (primary N) is 1. The van der Waals surface area contributed by atoms with Crippen LogP contribution >= 0.6 is 12.4 Å². The van der Waals surface area contributed by atoms with Gasteiger partial charge in [0.2, 0.25) is 10.0 Å². The van der Waals surface area contributed by atoms with E-state index in [4.69, 9.17) is 5.73 Å². The number of nitrogens with one attached hydrogen (secondary N) is 1. The Bertz CT molecular complexity index is 564. The molecule has 0 spiro atoms. The number of nitrogens with zero attached hydrogens (tertiary/aromatic N) is 1. The molecule has 0 atom stereocenters. The molecular weight excluding hydrogens is 314 g/mol. The zero-order chi connectivity index (χ0) is 15.2. The summed E-state index contributed by atoms with van der Waals surface area (Å²) in [7, 11) is -3.17. The van der Waals surface area contributed by atoms with Crippen molar-refractivity contribution in [1.82, 2.24) is 9.62 Å². The Morgan fingerprint density at radius 3 is 2.57 bits per heavy atom. The van der Waals surface area contributed by atoms with Gasteiger partial charge in [0.1, 0.15) is 0 Å². The Balaban J connectivity index is 0.00000400. The molecule has 1 aromatic rings. The third-order valence-electron chi connectivity index (χ3n) is 2.84. The molecule has 0 bridgehead atoms. The van der Waals surface area contributed by atoms with E-state index in [1.807, 2.05) is 0 Å². The fraction of sp³-hybridized carbons (Fsp3) is 0.462. The highest BCUT2D eigenvalue weighted by Crippen LogP contribution is 2.06. The highest BCUT2D eigenvalue weighted by molar-refractivity contribution is 7.88. The Morgan fingerprint density at radius 2 is 2.05 bits per heavy atom. The summed E-state index contributed by atoms with van der Waals surface area (Å²) in [4.78, 5) is 11.8. The first-order chi connectivity index (χ1) is 9.34. The zero-order valence-corrected chi connectivity index (χ0v) is 13.8. The zero-order valence-electron chi connectivity index (χ0n) is 12.2. The van der Waals surface area contributed by atoms with Crippen molar-refractivity contribution in [3.05, 3.63) is 29.8 Å². The van der Waals surface area contributed by atoms with Crippen molar-refractivity contribution in [3.8, 4) is 0 Å². The second-order valence-electron chi connectivity index (χ2n) is 4.49. The smallest absolute Gasteiger partial charge is 0.251 e. The van der Waals surface area contributed by atoms with E-state index in [1.165, 1.54) is 10.6 Å². The van der Waals surface area contributed by atoms with Crippen LogP contribution in [-0.2, 0) is 10.0 Å². The summed E-state index contributed by atoms with van der Waals surface area (Å²) in [6.45, 7) is 3.03. The molecule has 0 unspecified atom stereocenters. The van der Waals surface area contributed by atoms with Crippen molar-refractivity contribution >= 4 is 34.0 Å². The van der Waals surface area contributed by atoms with Crippen molar-refractivity contribution in [2.75, 3.05) is 31.6 Å². The highest BCUT2D eigenvalue weighted by atomic mass is 35.5. The summed E-state index contributed by atoms with van der Waals surface area (Å²) in [5, 5.41) is 2.74. The van der Waals surface area contributed by atoms with Crippen molar-refractivity contribution in [1.29, 1.82) is 0 Å². The first kappa shape index (κ1) is 19.7. The van der Waals surface area contributed by atoms with Gasteiger partial charge in [0.05, 0.1) is 6.26 Å². The van der Waals surface area contributed by atoms with Gasteiger partial charge in [0.25, 0.3) is 5.91 Å². The molecule has 0 aliphatic carbocycles. The van der Waals surface area contributed by atoms with Crippen LogP contribution in [0, 0.1) is 0 Å². The Labute approximate surface area is 132 Å². The van der Waals surface area contributed by atoms with E-state index in [2.05, 4.69) is 5.32 Å². The van der Waals surface area contributed by atoms with E-state index in [1.54, 1.807) is 31.2 Å². The summed E-state index contributed by atoms with van der Waals surface area (Å²) in [5.41, 5.74) is 6.64. The van der Waals surface area contributed by atoms with Crippen LogP contribution < -0.4 is 11.1 Å². The van der Waals surface area contributed by atoms with Crippen LogP contribution in [0.5, 0.6) is 0 Å². The lowest BCUT2D eigenvalue weighted by atomic mass is 10.2. The molecule has 0 aliphatic heterocycles. The van der Waals surface area contributed by atoms with Crippen molar-refractivity contribution < 1.29 is 13.2 Å². The molecule has 1 aromatic carbocycles. The maximum Gasteiger partial charge on any atom is 0.251 e. The molecule has 3 N–H and O–H groups in total. The molecule has 0 saturated carbocycles. The Morgan fingerprint density at radius 1 is 1.38 bits per heavy atom. The van der Waals surface area contributed by atoms with Crippen LogP contribution in [0.4, 0.5) is 5.69 Å². The summed E-state index contributed by atoms with van der Waals surface area (Å²) in [6, 6.07) is 6.71. The van der Waals surface area contributed by atoms with E-state index in [-0.39, 0.29) is 18.3 Å². The monoisotopic (exact) mass is 335 g/mol. The molecule has 21 heavy (non-hydrogen) atoms. The van der Waals surface area contributed by atoms with E-state index in [0.29, 0.717) is 37.3 Å². The fourth-order valence-electron chi connectivity index (χ4n) is 1.80. The SMILES string of the molecule is CCN(CCCNC(=O)c1cccc(N)c1)S(C)(=O)=O.Cl. The molecule has 6 nitrogen and oxygen atoms in total. The number of rotatable bonds is 7. The van der Waals surface area contributed by atoms with Gasteiger partial charge >= 0.3 is 0 Å². The van der Waals surface area contributed by atoms with Gasteiger partial charge in [-0.15, -0.1) is 12.4 Å². The molecule has 0 aliphatic rings. The van der Waals surface area contributed by atoms with Crippen molar-refractivity contribution in [3.63, 3.8) is 0 Å². The number of carbonyl (C=O) groups is 1. The van der Waals surface area contributed by atoms with E-state index in [9.17, 15) is 13.2 Å². The van der Waals surface area contributed by atoms with Gasteiger partial charge in [-0.05, 0) is 24.6 Å². The predicted octanol–water partition coefficient (Wildman–Crippen LogP) is 1.09. The number of carbonyl (C=O) groups excluding carboxylic acids is 1.